The predicted molar refractivity (Wildman–Crippen MR) is 125 cm³/mol. The lowest BCUT2D eigenvalue weighted by molar-refractivity contribution is -0.114. The number of pyridine rings is 1. The topological polar surface area (TPSA) is 63.9 Å². The Morgan fingerprint density at radius 2 is 1.87 bits per heavy atom. The van der Waals surface area contributed by atoms with Gasteiger partial charge in [0.25, 0.3) is 0 Å². The van der Waals surface area contributed by atoms with E-state index >= 15 is 0 Å². The van der Waals surface area contributed by atoms with E-state index in [0.29, 0.717) is 0 Å². The first-order valence-electron chi connectivity index (χ1n) is 10.4. The average molecular weight is 434 g/mol. The molecule has 1 atom stereocenters. The first kappa shape index (κ1) is 21.3. The fourth-order valence-corrected chi connectivity index (χ4v) is 5.03. The Balaban J connectivity index is 1.57. The minimum Gasteiger partial charge on any atom is -0.347 e. The molecule has 0 N–H and O–H groups in total. The van der Waals surface area contributed by atoms with Gasteiger partial charge < -0.3 is 9.47 Å². The maximum absolute atomic E-state index is 13.2. The van der Waals surface area contributed by atoms with Crippen LogP contribution in [0.5, 0.6) is 0 Å². The number of rotatable bonds is 6. The molecule has 2 aromatic heterocycles. The summed E-state index contributed by atoms with van der Waals surface area (Å²) >= 11 is 1.45. The van der Waals surface area contributed by atoms with Crippen molar-refractivity contribution in [1.29, 1.82) is 0 Å². The molecule has 1 aromatic carbocycles. The van der Waals surface area contributed by atoms with Gasteiger partial charge in [0.1, 0.15) is 0 Å². The second kappa shape index (κ2) is 8.30. The third-order valence-corrected chi connectivity index (χ3v) is 6.97. The third kappa shape index (κ3) is 3.78. The van der Waals surface area contributed by atoms with Crippen molar-refractivity contribution in [3.05, 3.63) is 66.1 Å². The molecule has 0 fully saturated rings. The molecule has 0 aliphatic carbocycles. The number of thioether (sulfide) groups is 1. The van der Waals surface area contributed by atoms with E-state index in [4.69, 9.17) is 0 Å². The summed E-state index contributed by atoms with van der Waals surface area (Å²) in [4.78, 5) is 19.4. The molecule has 4 rings (SSSR count). The first-order valence-corrected chi connectivity index (χ1v) is 11.3. The number of ketones is 1. The van der Waals surface area contributed by atoms with E-state index in [1.807, 2.05) is 36.7 Å². The lowest BCUT2D eigenvalue weighted by Gasteiger charge is -2.24. The lowest BCUT2D eigenvalue weighted by atomic mass is 9.83. The predicted octanol–water partition coefficient (Wildman–Crippen LogP) is 4.72. The van der Waals surface area contributed by atoms with Crippen LogP contribution in [0, 0.1) is 0 Å². The highest BCUT2D eigenvalue weighted by Gasteiger charge is 2.38. The number of benzene rings is 1. The van der Waals surface area contributed by atoms with Crippen molar-refractivity contribution in [3.8, 4) is 11.4 Å². The van der Waals surface area contributed by atoms with Crippen LogP contribution in [0.3, 0.4) is 0 Å². The Bertz CT molecular complexity index is 1140. The molecule has 1 aliphatic heterocycles. The van der Waals surface area contributed by atoms with Gasteiger partial charge in [-0.05, 0) is 37.6 Å². The summed E-state index contributed by atoms with van der Waals surface area (Å²) in [6, 6.07) is 12.2. The van der Waals surface area contributed by atoms with Gasteiger partial charge in [-0.3, -0.25) is 9.78 Å². The van der Waals surface area contributed by atoms with Gasteiger partial charge in [0.05, 0.1) is 5.25 Å². The minimum atomic E-state index is -0.278. The van der Waals surface area contributed by atoms with Gasteiger partial charge >= 0.3 is 0 Å². The number of allylic oxidation sites excluding steroid dienone is 2. The summed E-state index contributed by atoms with van der Waals surface area (Å²) in [5.74, 6) is 0.862. The number of hydrogen-bond donors (Lipinski definition) is 0. The number of aromatic nitrogens is 4. The number of carbonyl (C=O) groups is 1. The fraction of sp³-hybridized carbons (Fsp3) is 0.333. The Morgan fingerprint density at radius 1 is 1.16 bits per heavy atom. The SMILES string of the molecule is CCn1c(SC(C)C(=O)/C=C2\N(C)c3ccccc3C2(C)C)nnc1-c1ccncc1. The van der Waals surface area contributed by atoms with Crippen LogP contribution in [0.2, 0.25) is 0 Å². The molecule has 0 radical (unpaired) electrons. The highest BCUT2D eigenvalue weighted by Crippen LogP contribution is 2.46. The first-order chi connectivity index (χ1) is 14.8. The van der Waals surface area contributed by atoms with Crippen molar-refractivity contribution in [2.75, 3.05) is 11.9 Å². The summed E-state index contributed by atoms with van der Waals surface area (Å²) in [7, 11) is 2.03. The molecule has 0 saturated heterocycles. The molecule has 31 heavy (non-hydrogen) atoms. The summed E-state index contributed by atoms with van der Waals surface area (Å²) in [6.07, 6.45) is 5.29. The van der Waals surface area contributed by atoms with E-state index < -0.39 is 0 Å². The summed E-state index contributed by atoms with van der Waals surface area (Å²) in [6.45, 7) is 9.04. The molecule has 3 aromatic rings. The molecule has 1 aliphatic rings. The summed E-state index contributed by atoms with van der Waals surface area (Å²) in [5, 5.41) is 9.20. The van der Waals surface area contributed by atoms with Crippen LogP contribution >= 0.6 is 11.8 Å². The normalized spacial score (nSPS) is 17.1. The number of anilines is 1. The third-order valence-electron chi connectivity index (χ3n) is 5.87. The Labute approximate surface area is 187 Å². The van der Waals surface area contributed by atoms with Gasteiger partial charge in [0, 0.05) is 54.4 Å². The van der Waals surface area contributed by atoms with E-state index in [-0.39, 0.29) is 16.4 Å². The molecule has 160 valence electrons. The lowest BCUT2D eigenvalue weighted by Crippen LogP contribution is -2.25. The highest BCUT2D eigenvalue weighted by molar-refractivity contribution is 8.00. The van der Waals surface area contributed by atoms with Gasteiger partial charge in [-0.1, -0.05) is 43.8 Å². The van der Waals surface area contributed by atoms with Crippen molar-refractivity contribution in [2.45, 2.75) is 50.1 Å². The van der Waals surface area contributed by atoms with Gasteiger partial charge in [-0.25, -0.2) is 0 Å². The number of carbonyl (C=O) groups excluding carboxylic acids is 1. The van der Waals surface area contributed by atoms with E-state index in [9.17, 15) is 4.79 Å². The van der Waals surface area contributed by atoms with E-state index in [1.165, 1.54) is 17.3 Å². The Morgan fingerprint density at radius 3 is 2.55 bits per heavy atom. The second-order valence-corrected chi connectivity index (χ2v) is 9.49. The smallest absolute Gasteiger partial charge is 0.192 e. The van der Waals surface area contributed by atoms with Crippen LogP contribution in [0.4, 0.5) is 5.69 Å². The molecule has 6 nitrogen and oxygen atoms in total. The number of nitrogens with zero attached hydrogens (tertiary/aromatic N) is 5. The van der Waals surface area contributed by atoms with Gasteiger partial charge in [0.15, 0.2) is 16.8 Å². The van der Waals surface area contributed by atoms with Crippen LogP contribution in [-0.2, 0) is 16.8 Å². The average Bonchev–Trinajstić information content (AvgIpc) is 3.26. The van der Waals surface area contributed by atoms with Crippen molar-refractivity contribution in [2.24, 2.45) is 0 Å². The molecular formula is C24H27N5OS. The number of likely N-dealkylation sites (N-methyl/N-ethyl adjacent to an activating group) is 1. The standard InChI is InChI=1S/C24H27N5OS/c1-6-29-22(17-11-13-25-14-12-17)26-27-23(29)31-16(2)20(30)15-21-24(3,4)18-9-7-8-10-19(18)28(21)5/h7-16H,6H2,1-5H3/b21-15-. The van der Waals surface area contributed by atoms with Crippen LogP contribution < -0.4 is 4.90 Å². The number of para-hydroxylation sites is 1. The van der Waals surface area contributed by atoms with E-state index in [2.05, 4.69) is 59.1 Å². The maximum Gasteiger partial charge on any atom is 0.192 e. The highest BCUT2D eigenvalue weighted by atomic mass is 32.2. The van der Waals surface area contributed by atoms with Crippen LogP contribution in [0.25, 0.3) is 11.4 Å². The minimum absolute atomic E-state index is 0.0730. The Kier molecular flexibility index (Phi) is 5.71. The second-order valence-electron chi connectivity index (χ2n) is 8.18. The summed E-state index contributed by atoms with van der Waals surface area (Å²) < 4.78 is 2.04. The molecular weight excluding hydrogens is 406 g/mol. The molecule has 7 heteroatoms. The summed E-state index contributed by atoms with van der Waals surface area (Å²) in [5.41, 5.74) is 4.15. The molecule has 1 unspecified atom stereocenters. The van der Waals surface area contributed by atoms with Crippen molar-refractivity contribution in [3.63, 3.8) is 0 Å². The van der Waals surface area contributed by atoms with Crippen LogP contribution in [0.1, 0.15) is 33.3 Å². The van der Waals surface area contributed by atoms with Gasteiger partial charge in [0.2, 0.25) is 0 Å². The zero-order valence-electron chi connectivity index (χ0n) is 18.5. The van der Waals surface area contributed by atoms with Crippen molar-refractivity contribution < 1.29 is 4.79 Å². The quantitative estimate of drug-likeness (QED) is 0.414. The maximum atomic E-state index is 13.2. The number of fused-ring (bicyclic) bond motifs is 1. The Hall–Kier alpha value is -2.93. The molecule has 0 amide bonds. The van der Waals surface area contributed by atoms with Crippen molar-refractivity contribution in [1.82, 2.24) is 19.7 Å². The van der Waals surface area contributed by atoms with Gasteiger partial charge in [-0.2, -0.15) is 0 Å². The molecule has 3 heterocycles. The zero-order chi connectivity index (χ0) is 22.2. The van der Waals surface area contributed by atoms with Crippen molar-refractivity contribution >= 4 is 23.2 Å². The van der Waals surface area contributed by atoms with Crippen LogP contribution in [-0.4, -0.2) is 37.8 Å². The van der Waals surface area contributed by atoms with E-state index in [1.54, 1.807) is 18.5 Å². The molecule has 0 spiro atoms. The fourth-order valence-electron chi connectivity index (χ4n) is 4.10. The van der Waals surface area contributed by atoms with Crippen LogP contribution in [0.15, 0.2) is 65.7 Å². The largest absolute Gasteiger partial charge is 0.347 e. The zero-order valence-corrected chi connectivity index (χ0v) is 19.3. The molecule has 0 bridgehead atoms. The van der Waals surface area contributed by atoms with Gasteiger partial charge in [-0.15, -0.1) is 10.2 Å². The van der Waals surface area contributed by atoms with E-state index in [0.717, 1.165) is 34.5 Å². The number of hydrogen-bond acceptors (Lipinski definition) is 6. The monoisotopic (exact) mass is 433 g/mol. The molecule has 0 saturated carbocycles.